The molecule has 1 unspecified atom stereocenters. The summed E-state index contributed by atoms with van der Waals surface area (Å²) in [5.74, 6) is 0. The fourth-order valence-corrected chi connectivity index (χ4v) is 4.27. The van der Waals surface area contributed by atoms with Gasteiger partial charge in [-0.2, -0.15) is 0 Å². The van der Waals surface area contributed by atoms with Gasteiger partial charge < -0.3 is 5.32 Å². The van der Waals surface area contributed by atoms with Crippen molar-refractivity contribution in [1.29, 1.82) is 0 Å². The quantitative estimate of drug-likeness (QED) is 0.609. The Bertz CT molecular complexity index is 938. The zero-order chi connectivity index (χ0) is 18.9. The zero-order valence-electron chi connectivity index (χ0n) is 16.2. The molecule has 0 saturated carbocycles. The summed E-state index contributed by atoms with van der Waals surface area (Å²) in [6, 6.07) is 17.9. The van der Waals surface area contributed by atoms with Crippen molar-refractivity contribution < 1.29 is 0 Å². The van der Waals surface area contributed by atoms with Gasteiger partial charge in [-0.1, -0.05) is 87.2 Å². The molecule has 1 N–H and O–H groups in total. The fourth-order valence-electron chi connectivity index (χ4n) is 4.27. The molecule has 0 radical (unpaired) electrons. The van der Waals surface area contributed by atoms with Gasteiger partial charge in [-0.05, 0) is 52.8 Å². The maximum Gasteiger partial charge on any atom is 0.0485 e. The van der Waals surface area contributed by atoms with E-state index in [1.54, 1.807) is 0 Å². The van der Waals surface area contributed by atoms with Crippen molar-refractivity contribution in [3.05, 3.63) is 108 Å². The predicted octanol–water partition coefficient (Wildman–Crippen LogP) is 6.46. The highest BCUT2D eigenvalue weighted by Crippen LogP contribution is 2.51. The second kappa shape index (κ2) is 7.08. The molecule has 0 saturated heterocycles. The summed E-state index contributed by atoms with van der Waals surface area (Å²) in [4.78, 5) is 0. The lowest BCUT2D eigenvalue weighted by molar-refractivity contribution is 0.650. The van der Waals surface area contributed by atoms with Gasteiger partial charge in [-0.15, -0.1) is 0 Å². The van der Waals surface area contributed by atoms with Gasteiger partial charge >= 0.3 is 0 Å². The molecule has 2 aromatic rings. The Hall–Kier alpha value is -2.80. The van der Waals surface area contributed by atoms with Crippen molar-refractivity contribution in [3.63, 3.8) is 0 Å². The number of hydrogen-bond acceptors (Lipinski definition) is 1. The first kappa shape index (κ1) is 17.6. The van der Waals surface area contributed by atoms with Crippen LogP contribution in [0.1, 0.15) is 37.0 Å². The van der Waals surface area contributed by atoms with Gasteiger partial charge in [0.15, 0.2) is 0 Å². The summed E-state index contributed by atoms with van der Waals surface area (Å²) >= 11 is 0. The normalized spacial score (nSPS) is 19.9. The average Bonchev–Trinajstić information content (AvgIpc) is 2.91. The van der Waals surface area contributed by atoms with E-state index in [-0.39, 0.29) is 5.41 Å². The fraction of sp³-hybridized carbons (Fsp3) is 0.231. The summed E-state index contributed by atoms with van der Waals surface area (Å²) in [6.45, 7) is 8.39. The minimum Gasteiger partial charge on any atom is -0.379 e. The van der Waals surface area contributed by atoms with Gasteiger partial charge in [-0.3, -0.25) is 0 Å². The third-order valence-electron chi connectivity index (χ3n) is 5.73. The maximum atomic E-state index is 3.71. The highest BCUT2D eigenvalue weighted by molar-refractivity contribution is 5.90. The minimum atomic E-state index is 0.0735. The van der Waals surface area contributed by atoms with E-state index in [1.165, 1.54) is 33.5 Å². The van der Waals surface area contributed by atoms with Crippen LogP contribution < -0.4 is 5.32 Å². The Morgan fingerprint density at radius 1 is 1.11 bits per heavy atom. The van der Waals surface area contributed by atoms with E-state index in [1.807, 2.05) is 12.2 Å². The molecule has 0 aromatic heterocycles. The van der Waals surface area contributed by atoms with Crippen molar-refractivity contribution >= 4 is 11.3 Å². The third-order valence-corrected chi connectivity index (χ3v) is 5.73. The molecule has 1 atom stereocenters. The topological polar surface area (TPSA) is 12.0 Å². The Balaban J connectivity index is 1.51. The lowest BCUT2D eigenvalue weighted by Crippen LogP contribution is -2.23. The molecular formula is C26H27N. The second-order valence-corrected chi connectivity index (χ2v) is 7.92. The number of rotatable bonds is 5. The van der Waals surface area contributed by atoms with Crippen LogP contribution in [-0.4, -0.2) is 6.04 Å². The Kier molecular flexibility index (Phi) is 4.61. The molecule has 0 amide bonds. The molecule has 0 spiro atoms. The van der Waals surface area contributed by atoms with E-state index in [9.17, 15) is 0 Å². The maximum absolute atomic E-state index is 3.71. The standard InChI is InChI=1S/C26H27N/c1-4-5-6-9-19-12-14-20(15-13-19)27-21-16-17-23-22-10-7-8-11-24(22)26(2,3)25(23)18-21/h4-8,10-15,17-18,21,27H,1,9,16H2,2-3H3/b6-5-. The van der Waals surface area contributed by atoms with Crippen LogP contribution in [0.5, 0.6) is 0 Å². The molecule has 2 aromatic carbocycles. The molecule has 0 bridgehead atoms. The van der Waals surface area contributed by atoms with E-state index in [4.69, 9.17) is 0 Å². The third kappa shape index (κ3) is 3.30. The molecular weight excluding hydrogens is 326 g/mol. The van der Waals surface area contributed by atoms with Crippen LogP contribution in [0.25, 0.3) is 5.57 Å². The van der Waals surface area contributed by atoms with Gasteiger partial charge in [0.2, 0.25) is 0 Å². The molecule has 2 aliphatic carbocycles. The van der Waals surface area contributed by atoms with Crippen molar-refractivity contribution in [3.8, 4) is 0 Å². The van der Waals surface area contributed by atoms with Gasteiger partial charge in [0.05, 0.1) is 0 Å². The lowest BCUT2D eigenvalue weighted by atomic mass is 9.79. The Labute approximate surface area is 162 Å². The number of benzene rings is 2. The van der Waals surface area contributed by atoms with Gasteiger partial charge in [0, 0.05) is 17.1 Å². The molecule has 2 aliphatic rings. The minimum absolute atomic E-state index is 0.0735. The summed E-state index contributed by atoms with van der Waals surface area (Å²) in [6.07, 6.45) is 12.8. The van der Waals surface area contributed by atoms with E-state index in [2.05, 4.69) is 92.5 Å². The highest BCUT2D eigenvalue weighted by atomic mass is 14.9. The monoisotopic (exact) mass is 353 g/mol. The predicted molar refractivity (Wildman–Crippen MR) is 117 cm³/mol. The van der Waals surface area contributed by atoms with Gasteiger partial charge in [0.25, 0.3) is 0 Å². The van der Waals surface area contributed by atoms with Gasteiger partial charge in [-0.25, -0.2) is 0 Å². The summed E-state index contributed by atoms with van der Waals surface area (Å²) in [7, 11) is 0. The van der Waals surface area contributed by atoms with Crippen molar-refractivity contribution in [2.24, 2.45) is 0 Å². The number of fused-ring (bicyclic) bond motifs is 3. The first-order chi connectivity index (χ1) is 13.1. The summed E-state index contributed by atoms with van der Waals surface area (Å²) in [5.41, 5.74) is 8.30. The van der Waals surface area contributed by atoms with Crippen LogP contribution in [0.2, 0.25) is 0 Å². The van der Waals surface area contributed by atoms with Crippen molar-refractivity contribution in [2.45, 2.75) is 38.1 Å². The van der Waals surface area contributed by atoms with Crippen molar-refractivity contribution in [1.82, 2.24) is 0 Å². The van der Waals surface area contributed by atoms with Crippen LogP contribution in [-0.2, 0) is 11.8 Å². The number of allylic oxidation sites excluding steroid dienone is 5. The molecule has 1 nitrogen and oxygen atoms in total. The van der Waals surface area contributed by atoms with Crippen LogP contribution in [0.4, 0.5) is 5.69 Å². The largest absolute Gasteiger partial charge is 0.379 e. The van der Waals surface area contributed by atoms with Crippen molar-refractivity contribution in [2.75, 3.05) is 5.32 Å². The zero-order valence-corrected chi connectivity index (χ0v) is 16.2. The first-order valence-electron chi connectivity index (χ1n) is 9.75. The molecule has 27 heavy (non-hydrogen) atoms. The van der Waals surface area contributed by atoms with E-state index in [0.717, 1.165) is 12.8 Å². The molecule has 0 heterocycles. The summed E-state index contributed by atoms with van der Waals surface area (Å²) < 4.78 is 0. The summed E-state index contributed by atoms with van der Waals surface area (Å²) in [5, 5.41) is 3.70. The van der Waals surface area contributed by atoms with Crippen LogP contribution in [0.3, 0.4) is 0 Å². The molecule has 4 rings (SSSR count). The number of anilines is 1. The van der Waals surface area contributed by atoms with Gasteiger partial charge in [0.1, 0.15) is 0 Å². The van der Waals surface area contributed by atoms with Crippen LogP contribution in [0, 0.1) is 0 Å². The molecule has 0 fully saturated rings. The second-order valence-electron chi connectivity index (χ2n) is 7.92. The number of hydrogen-bond donors (Lipinski definition) is 1. The van der Waals surface area contributed by atoms with Crippen LogP contribution in [0.15, 0.2) is 91.1 Å². The number of nitrogens with one attached hydrogen (secondary N) is 1. The van der Waals surface area contributed by atoms with E-state index >= 15 is 0 Å². The SMILES string of the molecule is C=C/C=C\Cc1ccc(NC2C=C3C(=CC2)c2ccccc2C3(C)C)cc1. The smallest absolute Gasteiger partial charge is 0.0485 e. The molecule has 1 heteroatoms. The van der Waals surface area contributed by atoms with Crippen LogP contribution >= 0.6 is 0 Å². The molecule has 136 valence electrons. The highest BCUT2D eigenvalue weighted by Gasteiger charge is 2.39. The first-order valence-corrected chi connectivity index (χ1v) is 9.75. The Morgan fingerprint density at radius 3 is 2.67 bits per heavy atom. The molecule has 0 aliphatic heterocycles. The van der Waals surface area contributed by atoms with E-state index < -0.39 is 0 Å². The average molecular weight is 354 g/mol. The Morgan fingerprint density at radius 2 is 1.89 bits per heavy atom. The lowest BCUT2D eigenvalue weighted by Gasteiger charge is -2.27. The van der Waals surface area contributed by atoms with E-state index in [0.29, 0.717) is 6.04 Å².